The molecule has 2 unspecified atom stereocenters. The normalized spacial score (nSPS) is 22.2. The Morgan fingerprint density at radius 1 is 1.31 bits per heavy atom. The van der Waals surface area contributed by atoms with Gasteiger partial charge in [0, 0.05) is 5.92 Å². The van der Waals surface area contributed by atoms with E-state index in [4.69, 9.17) is 5.73 Å². The fraction of sp³-hybridized carbons (Fsp3) is 0.273. The summed E-state index contributed by atoms with van der Waals surface area (Å²) in [4.78, 5) is 11.6. The number of rotatable bonds is 2. The molecule has 0 saturated heterocycles. The van der Waals surface area contributed by atoms with Crippen molar-refractivity contribution in [3.63, 3.8) is 0 Å². The third kappa shape index (κ3) is 2.49. The van der Waals surface area contributed by atoms with Crippen molar-refractivity contribution in [2.45, 2.75) is 12.3 Å². The number of amides is 1. The third-order valence-corrected chi connectivity index (χ3v) is 2.77. The van der Waals surface area contributed by atoms with Crippen LogP contribution in [0.4, 0.5) is 0 Å². The summed E-state index contributed by atoms with van der Waals surface area (Å²) in [6.07, 6.45) is 0.884. The maximum Gasteiger partial charge on any atom is 0.242 e. The van der Waals surface area contributed by atoms with Crippen LogP contribution in [0.5, 0.6) is 0 Å². The van der Waals surface area contributed by atoms with Gasteiger partial charge in [-0.2, -0.15) is 0 Å². The lowest BCUT2D eigenvalue weighted by atomic mass is 10.1. The lowest BCUT2D eigenvalue weighted by Gasteiger charge is -2.05. The van der Waals surface area contributed by atoms with Crippen LogP contribution < -0.4 is 16.6 Å². The molecule has 0 heterocycles. The van der Waals surface area contributed by atoms with Crippen molar-refractivity contribution in [1.29, 1.82) is 0 Å². The maximum atomic E-state index is 11.6. The van der Waals surface area contributed by atoms with E-state index in [0.717, 1.165) is 6.42 Å². The zero-order valence-electron chi connectivity index (χ0n) is 8.64. The first-order valence-corrected chi connectivity index (χ1v) is 5.49. The molecule has 16 heavy (non-hydrogen) atoms. The van der Waals surface area contributed by atoms with E-state index >= 15 is 0 Å². The molecule has 0 bridgehead atoms. The van der Waals surface area contributed by atoms with Crippen LogP contribution in [0.15, 0.2) is 30.3 Å². The Hall–Kier alpha value is -1.62. The molecular weight excluding hydrogens is 222 g/mol. The molecule has 0 aliphatic heterocycles. The molecule has 0 radical (unpaired) electrons. The number of nitrogens with two attached hydrogens (primary N) is 1. The predicted octanol–water partition coefficient (Wildman–Crippen LogP) is 0.654. The zero-order chi connectivity index (χ0) is 11.5. The minimum atomic E-state index is -0.0540. The van der Waals surface area contributed by atoms with Gasteiger partial charge in [0.1, 0.15) is 0 Å². The highest BCUT2D eigenvalue weighted by molar-refractivity contribution is 7.80. The summed E-state index contributed by atoms with van der Waals surface area (Å²) >= 11 is 4.60. The Balaban J connectivity index is 1.87. The number of carbonyl (C=O) groups excluding carboxylic acids is 1. The standard InChI is InChI=1S/C11H13N3OS/c12-11(16)14-13-10(15)9-6-8(9)7-4-2-1-3-5-7/h1-5,8-9H,6H2,(H,13,15)(H3,12,14,16). The summed E-state index contributed by atoms with van der Waals surface area (Å²) in [5.74, 6) is 0.306. The Morgan fingerprint density at radius 3 is 2.62 bits per heavy atom. The molecule has 0 spiro atoms. The Morgan fingerprint density at radius 2 is 2.00 bits per heavy atom. The van der Waals surface area contributed by atoms with Crippen molar-refractivity contribution < 1.29 is 4.79 Å². The smallest absolute Gasteiger partial charge is 0.242 e. The van der Waals surface area contributed by atoms with E-state index in [9.17, 15) is 4.79 Å². The minimum absolute atomic E-state index is 0.0317. The van der Waals surface area contributed by atoms with Crippen LogP contribution in [0.1, 0.15) is 17.9 Å². The van der Waals surface area contributed by atoms with E-state index < -0.39 is 0 Å². The SMILES string of the molecule is NC(=S)NNC(=O)C1CC1c1ccccc1. The zero-order valence-corrected chi connectivity index (χ0v) is 9.46. The molecule has 1 amide bonds. The summed E-state index contributed by atoms with van der Waals surface area (Å²) in [5, 5.41) is 0.0743. The summed E-state index contributed by atoms with van der Waals surface area (Å²) in [7, 11) is 0. The number of hydrogen-bond donors (Lipinski definition) is 3. The van der Waals surface area contributed by atoms with Crippen LogP contribution in [-0.2, 0) is 4.79 Å². The van der Waals surface area contributed by atoms with Crippen molar-refractivity contribution >= 4 is 23.2 Å². The number of benzene rings is 1. The Bertz CT molecular complexity index is 407. The van der Waals surface area contributed by atoms with Gasteiger partial charge in [0.2, 0.25) is 5.91 Å². The Labute approximate surface area is 99.2 Å². The minimum Gasteiger partial charge on any atom is -0.375 e. The number of thiocarbonyl (C=S) groups is 1. The van der Waals surface area contributed by atoms with Gasteiger partial charge >= 0.3 is 0 Å². The van der Waals surface area contributed by atoms with Gasteiger partial charge in [-0.05, 0) is 30.1 Å². The van der Waals surface area contributed by atoms with Crippen molar-refractivity contribution in [3.8, 4) is 0 Å². The van der Waals surface area contributed by atoms with Gasteiger partial charge in [0.25, 0.3) is 0 Å². The number of hydrazine groups is 1. The fourth-order valence-corrected chi connectivity index (χ4v) is 1.82. The van der Waals surface area contributed by atoms with Crippen molar-refractivity contribution in [1.82, 2.24) is 10.9 Å². The van der Waals surface area contributed by atoms with Crippen LogP contribution in [0.3, 0.4) is 0 Å². The number of carbonyl (C=O) groups is 1. The molecule has 1 aromatic rings. The molecule has 0 aromatic heterocycles. The molecule has 4 N–H and O–H groups in total. The van der Waals surface area contributed by atoms with Crippen molar-refractivity contribution in [2.24, 2.45) is 11.7 Å². The molecule has 1 aliphatic rings. The monoisotopic (exact) mass is 235 g/mol. The van der Waals surface area contributed by atoms with E-state index in [-0.39, 0.29) is 16.9 Å². The van der Waals surface area contributed by atoms with Gasteiger partial charge in [-0.15, -0.1) is 0 Å². The molecule has 5 heteroatoms. The van der Waals surface area contributed by atoms with Crippen molar-refractivity contribution in [2.75, 3.05) is 0 Å². The topological polar surface area (TPSA) is 67.2 Å². The number of nitrogens with one attached hydrogen (secondary N) is 2. The molecule has 4 nitrogen and oxygen atoms in total. The fourth-order valence-electron chi connectivity index (χ4n) is 1.77. The first kappa shape index (κ1) is 10.9. The van der Waals surface area contributed by atoms with Gasteiger partial charge in [0.15, 0.2) is 5.11 Å². The molecule has 1 aliphatic carbocycles. The van der Waals surface area contributed by atoms with Crippen molar-refractivity contribution in [3.05, 3.63) is 35.9 Å². The van der Waals surface area contributed by atoms with Gasteiger partial charge in [-0.1, -0.05) is 30.3 Å². The maximum absolute atomic E-state index is 11.6. The van der Waals surface area contributed by atoms with Crippen LogP contribution >= 0.6 is 12.2 Å². The lowest BCUT2D eigenvalue weighted by molar-refractivity contribution is -0.122. The van der Waals surface area contributed by atoms with E-state index in [0.29, 0.717) is 5.92 Å². The second-order valence-electron chi connectivity index (χ2n) is 3.84. The summed E-state index contributed by atoms with van der Waals surface area (Å²) in [6.45, 7) is 0. The van der Waals surface area contributed by atoms with E-state index in [1.807, 2.05) is 30.3 Å². The van der Waals surface area contributed by atoms with E-state index in [2.05, 4.69) is 23.1 Å². The first-order valence-electron chi connectivity index (χ1n) is 5.08. The average Bonchev–Trinajstić information content (AvgIpc) is 3.07. The van der Waals surface area contributed by atoms with Gasteiger partial charge in [0.05, 0.1) is 0 Å². The highest BCUT2D eigenvalue weighted by Gasteiger charge is 2.43. The first-order chi connectivity index (χ1) is 7.68. The highest BCUT2D eigenvalue weighted by atomic mass is 32.1. The summed E-state index contributed by atoms with van der Waals surface area (Å²) < 4.78 is 0. The van der Waals surface area contributed by atoms with Crippen LogP contribution in [0.25, 0.3) is 0 Å². The average molecular weight is 235 g/mol. The highest BCUT2D eigenvalue weighted by Crippen LogP contribution is 2.47. The molecule has 2 atom stereocenters. The van der Waals surface area contributed by atoms with Crippen LogP contribution in [0, 0.1) is 5.92 Å². The molecule has 1 saturated carbocycles. The Kier molecular flexibility index (Phi) is 3.05. The molecule has 84 valence electrons. The molecular formula is C11H13N3OS. The van der Waals surface area contributed by atoms with Crippen LogP contribution in [0.2, 0.25) is 0 Å². The second kappa shape index (κ2) is 4.49. The predicted molar refractivity (Wildman–Crippen MR) is 65.4 cm³/mol. The van der Waals surface area contributed by atoms with E-state index in [1.54, 1.807) is 0 Å². The lowest BCUT2D eigenvalue weighted by Crippen LogP contribution is -2.45. The summed E-state index contributed by atoms with van der Waals surface area (Å²) in [6, 6.07) is 10.0. The van der Waals surface area contributed by atoms with E-state index in [1.165, 1.54) is 5.56 Å². The number of hydrogen-bond acceptors (Lipinski definition) is 2. The summed E-state index contributed by atoms with van der Waals surface area (Å²) in [5.41, 5.74) is 11.4. The largest absolute Gasteiger partial charge is 0.375 e. The van der Waals surface area contributed by atoms with Gasteiger partial charge in [-0.3, -0.25) is 15.6 Å². The quantitative estimate of drug-likeness (QED) is 0.520. The van der Waals surface area contributed by atoms with Gasteiger partial charge in [-0.25, -0.2) is 0 Å². The molecule has 2 rings (SSSR count). The second-order valence-corrected chi connectivity index (χ2v) is 4.28. The van der Waals surface area contributed by atoms with Gasteiger partial charge < -0.3 is 5.73 Å². The van der Waals surface area contributed by atoms with Crippen LogP contribution in [-0.4, -0.2) is 11.0 Å². The molecule has 1 fully saturated rings. The molecule has 1 aromatic carbocycles. The third-order valence-electron chi connectivity index (χ3n) is 2.66.